The Balaban J connectivity index is 1.81. The maximum absolute atomic E-state index is 12.1. The first-order valence-electron chi connectivity index (χ1n) is 7.52. The summed E-state index contributed by atoms with van der Waals surface area (Å²) in [6, 6.07) is 9.97. The van der Waals surface area contributed by atoms with E-state index in [4.69, 9.17) is 11.6 Å². The second kappa shape index (κ2) is 6.84. The molecule has 122 valence electrons. The number of hydrogen-bond donors (Lipinski definition) is 0. The van der Waals surface area contributed by atoms with Crippen LogP contribution in [0.5, 0.6) is 0 Å². The molecular weight excluding hydrogens is 324 g/mol. The second-order valence-electron chi connectivity index (χ2n) is 5.53. The van der Waals surface area contributed by atoms with Crippen molar-refractivity contribution < 1.29 is 4.79 Å². The van der Waals surface area contributed by atoms with Gasteiger partial charge in [-0.3, -0.25) is 9.48 Å². The van der Waals surface area contributed by atoms with E-state index in [-0.39, 0.29) is 5.78 Å². The number of halogens is 1. The number of rotatable bonds is 5. The molecule has 3 rings (SSSR count). The Morgan fingerprint density at radius 3 is 2.71 bits per heavy atom. The third-order valence-corrected chi connectivity index (χ3v) is 4.07. The van der Waals surface area contributed by atoms with Crippen LogP contribution in [0.3, 0.4) is 0 Å². The van der Waals surface area contributed by atoms with Gasteiger partial charge in [0.25, 0.3) is 0 Å². The Bertz CT molecular complexity index is 893. The second-order valence-corrected chi connectivity index (χ2v) is 5.89. The predicted octanol–water partition coefficient (Wildman–Crippen LogP) is 3.52. The van der Waals surface area contributed by atoms with E-state index in [1.54, 1.807) is 34.9 Å². The average molecular weight is 341 g/mol. The minimum Gasteiger partial charge on any atom is -0.289 e. The highest BCUT2D eigenvalue weighted by atomic mass is 35.5. The van der Waals surface area contributed by atoms with E-state index in [9.17, 15) is 4.79 Å². The highest BCUT2D eigenvalue weighted by molar-refractivity contribution is 6.31. The molecule has 6 heteroatoms. The molecular formula is C18H17ClN4O. The molecule has 0 aliphatic rings. The zero-order valence-corrected chi connectivity index (χ0v) is 14.2. The summed E-state index contributed by atoms with van der Waals surface area (Å²) >= 11 is 6.43. The van der Waals surface area contributed by atoms with Crippen LogP contribution in [0.1, 0.15) is 27.2 Å². The SMILES string of the molecule is Cc1nn(Cc2ccccc2)c(Cl)c1/C=C/C(=O)c1cnn(C)c1. The zero-order valence-electron chi connectivity index (χ0n) is 13.5. The van der Waals surface area contributed by atoms with Gasteiger partial charge in [-0.25, -0.2) is 4.68 Å². The lowest BCUT2D eigenvalue weighted by Gasteiger charge is -2.03. The van der Waals surface area contributed by atoms with E-state index in [1.807, 2.05) is 37.3 Å². The Kier molecular flexibility index (Phi) is 4.62. The zero-order chi connectivity index (χ0) is 17.1. The highest BCUT2D eigenvalue weighted by Gasteiger charge is 2.12. The molecule has 0 saturated heterocycles. The van der Waals surface area contributed by atoms with Gasteiger partial charge < -0.3 is 0 Å². The Labute approximate surface area is 145 Å². The number of ketones is 1. The van der Waals surface area contributed by atoms with Crippen molar-refractivity contribution in [2.24, 2.45) is 7.05 Å². The molecule has 0 N–H and O–H groups in total. The first-order chi connectivity index (χ1) is 11.5. The maximum Gasteiger partial charge on any atom is 0.189 e. The quantitative estimate of drug-likeness (QED) is 0.527. The molecule has 2 aromatic heterocycles. The van der Waals surface area contributed by atoms with Crippen LogP contribution < -0.4 is 0 Å². The standard InChI is InChI=1S/C18H17ClN4O/c1-13-16(8-9-17(24)15-10-20-22(2)12-15)18(19)23(21-13)11-14-6-4-3-5-7-14/h3-10,12H,11H2,1-2H3/b9-8+. The Morgan fingerprint density at radius 1 is 1.29 bits per heavy atom. The van der Waals surface area contributed by atoms with Gasteiger partial charge in [0.05, 0.1) is 24.0 Å². The molecule has 0 atom stereocenters. The predicted molar refractivity (Wildman–Crippen MR) is 94.1 cm³/mol. The summed E-state index contributed by atoms with van der Waals surface area (Å²) < 4.78 is 3.33. The fourth-order valence-electron chi connectivity index (χ4n) is 2.42. The summed E-state index contributed by atoms with van der Waals surface area (Å²) in [6.07, 6.45) is 6.43. The lowest BCUT2D eigenvalue weighted by atomic mass is 10.2. The third-order valence-electron chi connectivity index (χ3n) is 3.68. The van der Waals surface area contributed by atoms with Gasteiger partial charge in [0.1, 0.15) is 5.15 Å². The number of carbonyl (C=O) groups excluding carboxylic acids is 1. The molecule has 0 radical (unpaired) electrons. The molecule has 0 spiro atoms. The molecule has 5 nitrogen and oxygen atoms in total. The van der Waals surface area contributed by atoms with Crippen molar-refractivity contribution in [3.8, 4) is 0 Å². The number of allylic oxidation sites excluding steroid dienone is 1. The van der Waals surface area contributed by atoms with Gasteiger partial charge in [0.15, 0.2) is 5.78 Å². The van der Waals surface area contributed by atoms with E-state index in [0.29, 0.717) is 17.3 Å². The summed E-state index contributed by atoms with van der Waals surface area (Å²) in [5.74, 6) is -0.116. The molecule has 0 fully saturated rings. The summed E-state index contributed by atoms with van der Waals surface area (Å²) in [5.41, 5.74) is 3.19. The van der Waals surface area contributed by atoms with Crippen LogP contribution in [0, 0.1) is 6.92 Å². The summed E-state index contributed by atoms with van der Waals surface area (Å²) in [6.45, 7) is 2.46. The van der Waals surface area contributed by atoms with Gasteiger partial charge >= 0.3 is 0 Å². The number of carbonyl (C=O) groups is 1. The van der Waals surface area contributed by atoms with Crippen molar-refractivity contribution in [1.82, 2.24) is 19.6 Å². The monoisotopic (exact) mass is 340 g/mol. The smallest absolute Gasteiger partial charge is 0.189 e. The van der Waals surface area contributed by atoms with Crippen LogP contribution in [0.15, 0.2) is 48.8 Å². The maximum atomic E-state index is 12.1. The molecule has 0 bridgehead atoms. The molecule has 24 heavy (non-hydrogen) atoms. The molecule has 0 unspecified atom stereocenters. The van der Waals surface area contributed by atoms with Crippen molar-refractivity contribution in [1.29, 1.82) is 0 Å². The van der Waals surface area contributed by atoms with Crippen LogP contribution in [-0.4, -0.2) is 25.3 Å². The van der Waals surface area contributed by atoms with Crippen molar-refractivity contribution in [2.75, 3.05) is 0 Å². The normalized spacial score (nSPS) is 11.3. The number of hydrogen-bond acceptors (Lipinski definition) is 3. The van der Waals surface area contributed by atoms with Crippen molar-refractivity contribution in [2.45, 2.75) is 13.5 Å². The van der Waals surface area contributed by atoms with Gasteiger partial charge in [-0.05, 0) is 24.6 Å². The fourth-order valence-corrected chi connectivity index (χ4v) is 2.72. The average Bonchev–Trinajstić information content (AvgIpc) is 3.11. The molecule has 0 saturated carbocycles. The molecule has 3 aromatic rings. The van der Waals surface area contributed by atoms with Crippen molar-refractivity contribution in [3.05, 3.63) is 76.3 Å². The first kappa shape index (κ1) is 16.2. The van der Waals surface area contributed by atoms with Crippen molar-refractivity contribution in [3.63, 3.8) is 0 Å². The Morgan fingerprint density at radius 2 is 2.04 bits per heavy atom. The Hall–Kier alpha value is -2.66. The van der Waals surface area contributed by atoms with Crippen LogP contribution in [0.4, 0.5) is 0 Å². The van der Waals surface area contributed by atoms with Crippen LogP contribution in [0.25, 0.3) is 6.08 Å². The van der Waals surface area contributed by atoms with Gasteiger partial charge in [0, 0.05) is 18.8 Å². The summed E-state index contributed by atoms with van der Waals surface area (Å²) in [4.78, 5) is 12.1. The number of nitrogens with zero attached hydrogens (tertiary/aromatic N) is 4. The van der Waals surface area contributed by atoms with Gasteiger partial charge in [-0.1, -0.05) is 41.9 Å². The van der Waals surface area contributed by atoms with Gasteiger partial charge in [-0.2, -0.15) is 10.2 Å². The van der Waals surface area contributed by atoms with Gasteiger partial charge in [-0.15, -0.1) is 0 Å². The van der Waals surface area contributed by atoms with Crippen LogP contribution >= 0.6 is 11.6 Å². The summed E-state index contributed by atoms with van der Waals surface area (Å²) in [5, 5.41) is 8.98. The number of aromatic nitrogens is 4. The molecule has 1 aromatic carbocycles. The number of benzene rings is 1. The van der Waals surface area contributed by atoms with E-state index >= 15 is 0 Å². The van der Waals surface area contributed by atoms with E-state index in [0.717, 1.165) is 16.8 Å². The van der Waals surface area contributed by atoms with E-state index in [2.05, 4.69) is 10.2 Å². The number of aryl methyl sites for hydroxylation is 2. The first-order valence-corrected chi connectivity index (χ1v) is 7.90. The minimum atomic E-state index is -0.116. The van der Waals surface area contributed by atoms with E-state index < -0.39 is 0 Å². The van der Waals surface area contributed by atoms with Crippen LogP contribution in [0.2, 0.25) is 5.15 Å². The van der Waals surface area contributed by atoms with Crippen molar-refractivity contribution >= 4 is 23.5 Å². The van der Waals surface area contributed by atoms with Gasteiger partial charge in [0.2, 0.25) is 0 Å². The lowest BCUT2D eigenvalue weighted by molar-refractivity contribution is 0.104. The molecule has 0 aliphatic heterocycles. The fraction of sp³-hybridized carbons (Fsp3) is 0.167. The summed E-state index contributed by atoms with van der Waals surface area (Å²) in [7, 11) is 1.77. The molecule has 0 amide bonds. The minimum absolute atomic E-state index is 0.116. The largest absolute Gasteiger partial charge is 0.289 e. The molecule has 0 aliphatic carbocycles. The van der Waals surface area contributed by atoms with Crippen LogP contribution in [-0.2, 0) is 13.6 Å². The molecule has 2 heterocycles. The highest BCUT2D eigenvalue weighted by Crippen LogP contribution is 2.22. The van der Waals surface area contributed by atoms with E-state index in [1.165, 1.54) is 6.08 Å². The third kappa shape index (κ3) is 3.46. The topological polar surface area (TPSA) is 52.7 Å². The lowest BCUT2D eigenvalue weighted by Crippen LogP contribution is -2.01.